The molecule has 0 atom stereocenters. The number of carbonyl (C=O) groups excluding carboxylic acids is 2. The third kappa shape index (κ3) is 3.47. The third-order valence-electron chi connectivity index (χ3n) is 5.52. The summed E-state index contributed by atoms with van der Waals surface area (Å²) in [5, 5.41) is -0.265. The fraction of sp³-hybridized carbons (Fsp3) is 0.280. The molecule has 2 aliphatic rings. The van der Waals surface area contributed by atoms with Gasteiger partial charge in [0.15, 0.2) is 0 Å². The number of para-hydroxylation sites is 1. The Morgan fingerprint density at radius 2 is 1.73 bits per heavy atom. The van der Waals surface area contributed by atoms with Crippen LogP contribution in [0.25, 0.3) is 11.6 Å². The first kappa shape index (κ1) is 20.5. The van der Waals surface area contributed by atoms with Crippen molar-refractivity contribution in [2.24, 2.45) is 0 Å². The van der Waals surface area contributed by atoms with E-state index in [1.165, 1.54) is 21.7 Å². The molecule has 0 spiro atoms. The summed E-state index contributed by atoms with van der Waals surface area (Å²) in [6.07, 6.45) is 4.11. The van der Waals surface area contributed by atoms with Gasteiger partial charge in [-0.25, -0.2) is 4.90 Å². The first-order valence-corrected chi connectivity index (χ1v) is 11.0. The molecule has 0 N–H and O–H groups in total. The van der Waals surface area contributed by atoms with Gasteiger partial charge >= 0.3 is 0 Å². The first-order valence-electron chi connectivity index (χ1n) is 10.2. The van der Waals surface area contributed by atoms with E-state index in [0.29, 0.717) is 16.6 Å². The van der Waals surface area contributed by atoms with Crippen molar-refractivity contribution in [2.75, 3.05) is 9.80 Å². The van der Waals surface area contributed by atoms with Crippen molar-refractivity contribution in [3.63, 3.8) is 0 Å². The minimum Gasteiger partial charge on any atom is -0.360 e. The summed E-state index contributed by atoms with van der Waals surface area (Å²) in [6, 6.07) is 15.7. The molecule has 2 amide bonds. The Bertz CT molecular complexity index is 1080. The molecule has 4 nitrogen and oxygen atoms in total. The van der Waals surface area contributed by atoms with Gasteiger partial charge in [-0.2, -0.15) is 0 Å². The molecule has 1 fully saturated rings. The number of anilines is 2. The molecule has 2 aromatic rings. The summed E-state index contributed by atoms with van der Waals surface area (Å²) in [7, 11) is 0. The molecule has 30 heavy (non-hydrogen) atoms. The van der Waals surface area contributed by atoms with Gasteiger partial charge in [0.25, 0.3) is 11.1 Å². The summed E-state index contributed by atoms with van der Waals surface area (Å²) < 4.78 is 0. The van der Waals surface area contributed by atoms with Crippen molar-refractivity contribution in [3.8, 4) is 0 Å². The normalized spacial score (nSPS) is 19.5. The maximum Gasteiger partial charge on any atom is 0.298 e. The summed E-state index contributed by atoms with van der Waals surface area (Å²) in [5.41, 5.74) is 5.04. The lowest BCUT2D eigenvalue weighted by molar-refractivity contribution is -0.113. The Labute approximate surface area is 182 Å². The van der Waals surface area contributed by atoms with E-state index < -0.39 is 0 Å². The average molecular weight is 419 g/mol. The number of rotatable bonds is 3. The van der Waals surface area contributed by atoms with Gasteiger partial charge in [-0.3, -0.25) is 9.59 Å². The monoisotopic (exact) mass is 418 g/mol. The van der Waals surface area contributed by atoms with Crippen LogP contribution in [0.15, 0.2) is 59.5 Å². The fourth-order valence-corrected chi connectivity index (χ4v) is 5.36. The van der Waals surface area contributed by atoms with Crippen LogP contribution >= 0.6 is 11.8 Å². The van der Waals surface area contributed by atoms with Crippen LogP contribution < -0.4 is 9.80 Å². The SMILES string of the molecule is CC1=CC(C)(C)N(C(C)C)c2ccc(/C=C3\SC(=O)N(c4ccccc4)C3=O)cc21. The number of nitrogens with zero attached hydrogens (tertiary/aromatic N) is 2. The van der Waals surface area contributed by atoms with Crippen LogP contribution in [0.2, 0.25) is 0 Å². The van der Waals surface area contributed by atoms with Crippen LogP contribution in [0.3, 0.4) is 0 Å². The van der Waals surface area contributed by atoms with Crippen molar-refractivity contribution in [2.45, 2.75) is 46.2 Å². The molecule has 2 aliphatic heterocycles. The van der Waals surface area contributed by atoms with Crippen LogP contribution in [0, 0.1) is 0 Å². The van der Waals surface area contributed by atoms with E-state index in [9.17, 15) is 9.59 Å². The number of imide groups is 1. The molecule has 2 aromatic carbocycles. The van der Waals surface area contributed by atoms with Gasteiger partial charge < -0.3 is 4.90 Å². The highest BCUT2D eigenvalue weighted by Crippen LogP contribution is 2.41. The minimum atomic E-state index is -0.272. The van der Waals surface area contributed by atoms with Gasteiger partial charge in [-0.15, -0.1) is 0 Å². The molecule has 154 valence electrons. The molecule has 1 saturated heterocycles. The quantitative estimate of drug-likeness (QED) is 0.546. The second-order valence-corrected chi connectivity index (χ2v) is 9.57. The van der Waals surface area contributed by atoms with E-state index in [1.54, 1.807) is 12.1 Å². The van der Waals surface area contributed by atoms with Gasteiger partial charge in [0.1, 0.15) is 0 Å². The van der Waals surface area contributed by atoms with E-state index in [0.717, 1.165) is 17.3 Å². The molecule has 2 heterocycles. The molecular formula is C25H26N2O2S. The van der Waals surface area contributed by atoms with Crippen LogP contribution in [0.5, 0.6) is 0 Å². The first-order chi connectivity index (χ1) is 14.2. The van der Waals surface area contributed by atoms with Crippen molar-refractivity contribution < 1.29 is 9.59 Å². The summed E-state index contributed by atoms with van der Waals surface area (Å²) in [4.78, 5) is 29.5. The molecular weight excluding hydrogens is 392 g/mol. The van der Waals surface area contributed by atoms with Crippen LogP contribution in [0.4, 0.5) is 16.2 Å². The number of carbonyl (C=O) groups is 2. The highest BCUT2D eigenvalue weighted by molar-refractivity contribution is 8.19. The van der Waals surface area contributed by atoms with Gasteiger partial charge in [0, 0.05) is 17.3 Å². The third-order valence-corrected chi connectivity index (χ3v) is 6.39. The fourth-order valence-electron chi connectivity index (χ4n) is 4.52. The molecule has 0 saturated carbocycles. The minimum absolute atomic E-state index is 0.0644. The second kappa shape index (κ2) is 7.47. The second-order valence-electron chi connectivity index (χ2n) is 8.57. The highest BCUT2D eigenvalue weighted by atomic mass is 32.2. The Morgan fingerprint density at radius 3 is 2.40 bits per heavy atom. The number of hydrogen-bond donors (Lipinski definition) is 0. The molecule has 0 aromatic heterocycles. The van der Waals surface area contributed by atoms with Crippen LogP contribution in [-0.4, -0.2) is 22.7 Å². The van der Waals surface area contributed by atoms with Gasteiger partial charge in [0.05, 0.1) is 16.1 Å². The van der Waals surface area contributed by atoms with Crippen molar-refractivity contribution >= 4 is 45.9 Å². The topological polar surface area (TPSA) is 40.6 Å². The standard InChI is InChI=1S/C25H26N2O2S/c1-16(2)27-21-12-11-18(13-20(21)17(3)15-25(27,4)5)14-22-23(28)26(24(29)30-22)19-9-7-6-8-10-19/h6-16H,1-5H3/b22-14-. The molecule has 0 bridgehead atoms. The van der Waals surface area contributed by atoms with Crippen molar-refractivity contribution in [1.82, 2.24) is 0 Å². The molecule has 0 aliphatic carbocycles. The van der Waals surface area contributed by atoms with Crippen LogP contribution in [0.1, 0.15) is 45.7 Å². The maximum absolute atomic E-state index is 12.9. The zero-order valence-corrected chi connectivity index (χ0v) is 18.8. The molecule has 5 heteroatoms. The number of amides is 2. The Kier molecular flexibility index (Phi) is 5.10. The highest BCUT2D eigenvalue weighted by Gasteiger charge is 2.36. The summed E-state index contributed by atoms with van der Waals surface area (Å²) >= 11 is 0.988. The zero-order chi connectivity index (χ0) is 21.6. The summed E-state index contributed by atoms with van der Waals surface area (Å²) in [6.45, 7) is 11.0. The van der Waals surface area contributed by atoms with Crippen LogP contribution in [-0.2, 0) is 4.79 Å². The number of allylic oxidation sites excluding steroid dienone is 1. The lowest BCUT2D eigenvalue weighted by Crippen LogP contribution is -2.49. The van der Waals surface area contributed by atoms with E-state index in [2.05, 4.69) is 57.7 Å². The lowest BCUT2D eigenvalue weighted by Gasteiger charge is -2.46. The predicted octanol–water partition coefficient (Wildman–Crippen LogP) is 6.34. The summed E-state index contributed by atoms with van der Waals surface area (Å²) in [5.74, 6) is -0.272. The lowest BCUT2D eigenvalue weighted by atomic mass is 9.87. The predicted molar refractivity (Wildman–Crippen MR) is 127 cm³/mol. The Morgan fingerprint density at radius 1 is 1.03 bits per heavy atom. The molecule has 4 rings (SSSR count). The maximum atomic E-state index is 12.9. The zero-order valence-electron chi connectivity index (χ0n) is 18.0. The number of thioether (sulfide) groups is 1. The van der Waals surface area contributed by atoms with Crippen molar-refractivity contribution in [3.05, 3.63) is 70.6 Å². The average Bonchev–Trinajstić information content (AvgIpc) is 2.95. The Hall–Kier alpha value is -2.79. The molecule has 0 unspecified atom stereocenters. The van der Waals surface area contributed by atoms with Gasteiger partial charge in [-0.1, -0.05) is 30.3 Å². The van der Waals surface area contributed by atoms with E-state index in [4.69, 9.17) is 0 Å². The largest absolute Gasteiger partial charge is 0.360 e. The number of fused-ring (bicyclic) bond motifs is 1. The van der Waals surface area contributed by atoms with E-state index in [-0.39, 0.29) is 16.7 Å². The Balaban J connectivity index is 1.70. The van der Waals surface area contributed by atoms with Crippen molar-refractivity contribution in [1.29, 1.82) is 0 Å². The number of benzene rings is 2. The molecule has 0 radical (unpaired) electrons. The van der Waals surface area contributed by atoms with E-state index in [1.807, 2.05) is 30.3 Å². The van der Waals surface area contributed by atoms with E-state index >= 15 is 0 Å². The number of hydrogen-bond acceptors (Lipinski definition) is 4. The smallest absolute Gasteiger partial charge is 0.298 e. The van der Waals surface area contributed by atoms with Gasteiger partial charge in [0.2, 0.25) is 0 Å². The van der Waals surface area contributed by atoms with Gasteiger partial charge in [-0.05, 0) is 87.9 Å².